The summed E-state index contributed by atoms with van der Waals surface area (Å²) in [6.45, 7) is 5.06. The van der Waals surface area contributed by atoms with Gasteiger partial charge in [0.1, 0.15) is 0 Å². The summed E-state index contributed by atoms with van der Waals surface area (Å²) in [6.07, 6.45) is 1.78. The number of benzene rings is 1. The van der Waals surface area contributed by atoms with Gasteiger partial charge in [0, 0.05) is 31.9 Å². The van der Waals surface area contributed by atoms with Crippen molar-refractivity contribution < 1.29 is 9.59 Å². The van der Waals surface area contributed by atoms with E-state index in [1.807, 2.05) is 30.0 Å². The molecule has 0 unspecified atom stereocenters. The van der Waals surface area contributed by atoms with Gasteiger partial charge < -0.3 is 9.80 Å². The fourth-order valence-corrected chi connectivity index (χ4v) is 1.92. The van der Waals surface area contributed by atoms with Crippen LogP contribution >= 0.6 is 0 Å². The lowest BCUT2D eigenvalue weighted by molar-refractivity contribution is -0.127. The van der Waals surface area contributed by atoms with E-state index in [0.29, 0.717) is 12.1 Å². The number of likely N-dealkylation sites (N-methyl/N-ethyl adjacent to an activating group) is 1. The second kappa shape index (κ2) is 6.92. The molecule has 1 amide bonds. The summed E-state index contributed by atoms with van der Waals surface area (Å²) in [4.78, 5) is 26.6. The van der Waals surface area contributed by atoms with Crippen LogP contribution in [0.25, 0.3) is 0 Å². The molecule has 0 bridgehead atoms. The first-order chi connectivity index (χ1) is 8.99. The monoisotopic (exact) mass is 262 g/mol. The van der Waals surface area contributed by atoms with E-state index in [1.54, 1.807) is 19.0 Å². The minimum absolute atomic E-state index is 0.0332. The Balaban J connectivity index is 3.04. The SMILES string of the molecule is CCCN(CC(=O)N(C)C)c1ccc(C)cc1C=O. The van der Waals surface area contributed by atoms with Crippen LogP contribution in [0.3, 0.4) is 0 Å². The third-order valence-corrected chi connectivity index (χ3v) is 2.97. The van der Waals surface area contributed by atoms with Gasteiger partial charge in [-0.25, -0.2) is 0 Å². The molecule has 0 aliphatic rings. The smallest absolute Gasteiger partial charge is 0.241 e. The molecule has 1 aromatic rings. The minimum atomic E-state index is 0.0332. The molecule has 0 aliphatic heterocycles. The number of aryl methyl sites for hydroxylation is 1. The number of nitrogens with zero attached hydrogens (tertiary/aromatic N) is 2. The number of carbonyl (C=O) groups excluding carboxylic acids is 2. The highest BCUT2D eigenvalue weighted by molar-refractivity contribution is 5.88. The average molecular weight is 262 g/mol. The molecule has 1 rings (SSSR count). The van der Waals surface area contributed by atoms with Gasteiger partial charge in [-0.1, -0.05) is 18.6 Å². The third-order valence-electron chi connectivity index (χ3n) is 2.97. The highest BCUT2D eigenvalue weighted by atomic mass is 16.2. The van der Waals surface area contributed by atoms with Crippen LogP contribution < -0.4 is 4.90 Å². The maximum atomic E-state index is 11.9. The van der Waals surface area contributed by atoms with Crippen LogP contribution in [0.1, 0.15) is 29.3 Å². The summed E-state index contributed by atoms with van der Waals surface area (Å²) < 4.78 is 0. The second-order valence-electron chi connectivity index (χ2n) is 4.89. The van der Waals surface area contributed by atoms with Gasteiger partial charge in [0.15, 0.2) is 6.29 Å². The number of hydrogen-bond acceptors (Lipinski definition) is 3. The van der Waals surface area contributed by atoms with Gasteiger partial charge in [-0.05, 0) is 25.5 Å². The number of amides is 1. The van der Waals surface area contributed by atoms with Crippen LogP contribution in [0.2, 0.25) is 0 Å². The van der Waals surface area contributed by atoms with E-state index < -0.39 is 0 Å². The molecule has 104 valence electrons. The normalized spacial score (nSPS) is 10.1. The lowest BCUT2D eigenvalue weighted by atomic mass is 10.1. The van der Waals surface area contributed by atoms with Crippen LogP contribution in [0.5, 0.6) is 0 Å². The number of anilines is 1. The lowest BCUT2D eigenvalue weighted by Gasteiger charge is -2.26. The van der Waals surface area contributed by atoms with E-state index in [0.717, 1.165) is 30.5 Å². The van der Waals surface area contributed by atoms with Crippen LogP contribution in [0.4, 0.5) is 5.69 Å². The molecule has 4 heteroatoms. The van der Waals surface area contributed by atoms with Crippen molar-refractivity contribution in [3.63, 3.8) is 0 Å². The molecule has 0 radical (unpaired) electrons. The maximum absolute atomic E-state index is 11.9. The molecule has 0 heterocycles. The average Bonchev–Trinajstić information content (AvgIpc) is 2.37. The van der Waals surface area contributed by atoms with Gasteiger partial charge in [0.05, 0.1) is 6.54 Å². The first kappa shape index (κ1) is 15.2. The Morgan fingerprint density at radius 3 is 2.53 bits per heavy atom. The Morgan fingerprint density at radius 2 is 2.00 bits per heavy atom. The third kappa shape index (κ3) is 4.09. The summed E-state index contributed by atoms with van der Waals surface area (Å²) in [5, 5.41) is 0. The topological polar surface area (TPSA) is 40.6 Å². The molecule has 0 fully saturated rings. The predicted octanol–water partition coefficient (Wildman–Crippen LogP) is 2.11. The van der Waals surface area contributed by atoms with Gasteiger partial charge >= 0.3 is 0 Å². The lowest BCUT2D eigenvalue weighted by Crippen LogP contribution is -2.37. The number of carbonyl (C=O) groups is 2. The quantitative estimate of drug-likeness (QED) is 0.737. The molecule has 0 N–H and O–H groups in total. The van der Waals surface area contributed by atoms with Crippen molar-refractivity contribution in [2.75, 3.05) is 32.1 Å². The van der Waals surface area contributed by atoms with E-state index in [4.69, 9.17) is 0 Å². The molecule has 0 atom stereocenters. The minimum Gasteiger partial charge on any atom is -0.362 e. The molecule has 19 heavy (non-hydrogen) atoms. The van der Waals surface area contributed by atoms with Crippen molar-refractivity contribution in [1.82, 2.24) is 4.90 Å². The Morgan fingerprint density at radius 1 is 1.32 bits per heavy atom. The Hall–Kier alpha value is -1.84. The molecule has 0 aliphatic carbocycles. The summed E-state index contributed by atoms with van der Waals surface area (Å²) in [6, 6.07) is 5.73. The Bertz CT molecular complexity index is 455. The molecule has 0 saturated heterocycles. The maximum Gasteiger partial charge on any atom is 0.241 e. The highest BCUT2D eigenvalue weighted by Crippen LogP contribution is 2.21. The number of rotatable bonds is 6. The van der Waals surface area contributed by atoms with Gasteiger partial charge in [0.2, 0.25) is 5.91 Å². The number of hydrogen-bond donors (Lipinski definition) is 0. The van der Waals surface area contributed by atoms with Crippen molar-refractivity contribution in [3.8, 4) is 0 Å². The van der Waals surface area contributed by atoms with Crippen LogP contribution in [-0.2, 0) is 4.79 Å². The van der Waals surface area contributed by atoms with Crippen molar-refractivity contribution >= 4 is 17.9 Å². The summed E-state index contributed by atoms with van der Waals surface area (Å²) in [5.74, 6) is 0.0332. The van der Waals surface area contributed by atoms with Crippen LogP contribution in [0, 0.1) is 6.92 Å². The molecular formula is C15H22N2O2. The zero-order chi connectivity index (χ0) is 14.4. The second-order valence-corrected chi connectivity index (χ2v) is 4.89. The molecule has 0 aromatic heterocycles. The standard InChI is InChI=1S/C15H22N2O2/c1-5-8-17(10-15(19)16(3)4)14-7-6-12(2)9-13(14)11-18/h6-7,9,11H,5,8,10H2,1-4H3. The largest absolute Gasteiger partial charge is 0.362 e. The first-order valence-corrected chi connectivity index (χ1v) is 6.50. The van der Waals surface area contributed by atoms with Gasteiger partial charge in [-0.15, -0.1) is 0 Å². The first-order valence-electron chi connectivity index (χ1n) is 6.50. The molecule has 4 nitrogen and oxygen atoms in total. The summed E-state index contributed by atoms with van der Waals surface area (Å²) in [7, 11) is 3.48. The molecule has 1 aromatic carbocycles. The van der Waals surface area contributed by atoms with Gasteiger partial charge in [-0.3, -0.25) is 9.59 Å². The van der Waals surface area contributed by atoms with Crippen LogP contribution in [-0.4, -0.2) is 44.3 Å². The molecule has 0 spiro atoms. The van der Waals surface area contributed by atoms with E-state index in [2.05, 4.69) is 6.92 Å². The summed E-state index contributed by atoms with van der Waals surface area (Å²) in [5.41, 5.74) is 2.51. The van der Waals surface area contributed by atoms with Crippen molar-refractivity contribution in [1.29, 1.82) is 0 Å². The zero-order valence-corrected chi connectivity index (χ0v) is 12.1. The fraction of sp³-hybridized carbons (Fsp3) is 0.467. The van der Waals surface area contributed by atoms with Crippen molar-refractivity contribution in [3.05, 3.63) is 29.3 Å². The van der Waals surface area contributed by atoms with Gasteiger partial charge in [-0.2, -0.15) is 0 Å². The summed E-state index contributed by atoms with van der Waals surface area (Å²) >= 11 is 0. The molecular weight excluding hydrogens is 240 g/mol. The van der Waals surface area contributed by atoms with Crippen molar-refractivity contribution in [2.24, 2.45) is 0 Å². The Kier molecular flexibility index (Phi) is 5.55. The van der Waals surface area contributed by atoms with E-state index in [9.17, 15) is 9.59 Å². The highest BCUT2D eigenvalue weighted by Gasteiger charge is 2.15. The number of aldehydes is 1. The Labute approximate surface area is 115 Å². The predicted molar refractivity (Wildman–Crippen MR) is 77.8 cm³/mol. The molecule has 0 saturated carbocycles. The van der Waals surface area contributed by atoms with E-state index >= 15 is 0 Å². The van der Waals surface area contributed by atoms with Crippen molar-refractivity contribution in [2.45, 2.75) is 20.3 Å². The zero-order valence-electron chi connectivity index (χ0n) is 12.1. The fourth-order valence-electron chi connectivity index (χ4n) is 1.92. The van der Waals surface area contributed by atoms with Gasteiger partial charge in [0.25, 0.3) is 0 Å². The van der Waals surface area contributed by atoms with E-state index in [-0.39, 0.29) is 5.91 Å². The van der Waals surface area contributed by atoms with E-state index in [1.165, 1.54) is 0 Å². The van der Waals surface area contributed by atoms with Crippen LogP contribution in [0.15, 0.2) is 18.2 Å².